The summed E-state index contributed by atoms with van der Waals surface area (Å²) in [5.74, 6) is 1.09. The monoisotopic (exact) mass is 260 g/mol. The molecule has 1 aliphatic heterocycles. The molecule has 2 unspecified atom stereocenters. The topological polar surface area (TPSA) is 78.4 Å². The maximum Gasteiger partial charge on any atom is 0.326 e. The summed E-state index contributed by atoms with van der Waals surface area (Å²) in [5.41, 5.74) is 0. The van der Waals surface area contributed by atoms with Gasteiger partial charge in [0.2, 0.25) is 0 Å². The first-order chi connectivity index (χ1) is 8.13. The largest absolute Gasteiger partial charge is 0.480 e. The fourth-order valence-corrected chi connectivity index (χ4v) is 2.86. The van der Waals surface area contributed by atoms with Crippen molar-refractivity contribution in [3.63, 3.8) is 0 Å². The molecule has 98 valence electrons. The molecule has 1 aliphatic rings. The van der Waals surface area contributed by atoms with E-state index < -0.39 is 12.0 Å². The highest BCUT2D eigenvalue weighted by atomic mass is 32.2. The van der Waals surface area contributed by atoms with Crippen molar-refractivity contribution in [3.8, 4) is 0 Å². The molecule has 17 heavy (non-hydrogen) atoms. The van der Waals surface area contributed by atoms with Gasteiger partial charge in [-0.05, 0) is 25.0 Å². The highest BCUT2D eigenvalue weighted by Gasteiger charge is 2.21. The molecule has 0 aromatic heterocycles. The lowest BCUT2D eigenvalue weighted by molar-refractivity contribution is -0.139. The van der Waals surface area contributed by atoms with E-state index in [0.717, 1.165) is 30.8 Å². The van der Waals surface area contributed by atoms with Crippen molar-refractivity contribution in [2.75, 3.05) is 11.5 Å². The molecule has 1 fully saturated rings. The molecule has 0 bridgehead atoms. The van der Waals surface area contributed by atoms with Crippen molar-refractivity contribution in [2.45, 2.75) is 44.7 Å². The number of amides is 2. The maximum absolute atomic E-state index is 11.6. The molecular weight excluding hydrogens is 240 g/mol. The van der Waals surface area contributed by atoms with Crippen LogP contribution in [-0.4, -0.2) is 40.7 Å². The lowest BCUT2D eigenvalue weighted by Crippen LogP contribution is -2.50. The van der Waals surface area contributed by atoms with Gasteiger partial charge in [0.15, 0.2) is 0 Å². The third-order valence-electron chi connectivity index (χ3n) is 2.68. The summed E-state index contributed by atoms with van der Waals surface area (Å²) in [4.78, 5) is 22.5. The Balaban J connectivity index is 2.33. The van der Waals surface area contributed by atoms with Crippen LogP contribution in [0.1, 0.15) is 32.6 Å². The van der Waals surface area contributed by atoms with Gasteiger partial charge in [0.1, 0.15) is 6.04 Å². The van der Waals surface area contributed by atoms with Crippen molar-refractivity contribution in [2.24, 2.45) is 0 Å². The molecular formula is C11H20N2O3S. The van der Waals surface area contributed by atoms with Gasteiger partial charge in [-0.25, -0.2) is 9.59 Å². The summed E-state index contributed by atoms with van der Waals surface area (Å²) in [6.45, 7) is 1.90. The Morgan fingerprint density at radius 2 is 2.29 bits per heavy atom. The zero-order valence-electron chi connectivity index (χ0n) is 10.1. The van der Waals surface area contributed by atoms with E-state index in [1.165, 1.54) is 0 Å². The average molecular weight is 260 g/mol. The molecule has 1 rings (SSSR count). The Hall–Kier alpha value is -0.910. The fourth-order valence-electron chi connectivity index (χ4n) is 1.79. The van der Waals surface area contributed by atoms with Crippen LogP contribution in [0.4, 0.5) is 4.79 Å². The lowest BCUT2D eigenvalue weighted by atomic mass is 10.1. The SMILES string of the molecule is CCCC(NC(=O)NC1CCCSC1)C(=O)O. The van der Waals surface area contributed by atoms with Gasteiger partial charge in [0.25, 0.3) is 0 Å². The maximum atomic E-state index is 11.6. The predicted molar refractivity (Wildman–Crippen MR) is 68.3 cm³/mol. The predicted octanol–water partition coefficient (Wildman–Crippen LogP) is 1.43. The standard InChI is InChI=1S/C11H20N2O3S/c1-2-4-9(10(14)15)13-11(16)12-8-5-3-6-17-7-8/h8-9H,2-7H2,1H3,(H,14,15)(H2,12,13,16). The minimum atomic E-state index is -0.972. The molecule has 1 heterocycles. The van der Waals surface area contributed by atoms with Gasteiger partial charge in [-0.2, -0.15) is 11.8 Å². The van der Waals surface area contributed by atoms with Gasteiger partial charge >= 0.3 is 12.0 Å². The number of carbonyl (C=O) groups excluding carboxylic acids is 1. The summed E-state index contributed by atoms with van der Waals surface area (Å²) >= 11 is 1.82. The van der Waals surface area contributed by atoms with Crippen LogP contribution < -0.4 is 10.6 Å². The second-order valence-electron chi connectivity index (χ2n) is 4.21. The van der Waals surface area contributed by atoms with Crippen LogP contribution in [0.2, 0.25) is 0 Å². The molecule has 0 aromatic rings. The van der Waals surface area contributed by atoms with Gasteiger partial charge in [0.05, 0.1) is 0 Å². The number of carboxylic acid groups (broad SMARTS) is 1. The number of urea groups is 1. The summed E-state index contributed by atoms with van der Waals surface area (Å²) in [7, 11) is 0. The first kappa shape index (κ1) is 14.2. The van der Waals surface area contributed by atoms with E-state index in [4.69, 9.17) is 5.11 Å². The summed E-state index contributed by atoms with van der Waals surface area (Å²) in [6.07, 6.45) is 3.28. The highest BCUT2D eigenvalue weighted by Crippen LogP contribution is 2.16. The van der Waals surface area contributed by atoms with Crippen LogP contribution in [0.3, 0.4) is 0 Å². The normalized spacial score (nSPS) is 21.6. The van der Waals surface area contributed by atoms with Gasteiger partial charge < -0.3 is 15.7 Å². The minimum Gasteiger partial charge on any atom is -0.480 e. The van der Waals surface area contributed by atoms with E-state index in [9.17, 15) is 9.59 Å². The van der Waals surface area contributed by atoms with Gasteiger partial charge in [-0.15, -0.1) is 0 Å². The first-order valence-electron chi connectivity index (χ1n) is 6.01. The molecule has 0 spiro atoms. The van der Waals surface area contributed by atoms with E-state index in [0.29, 0.717) is 6.42 Å². The number of nitrogens with one attached hydrogen (secondary N) is 2. The number of carboxylic acids is 1. The van der Waals surface area contributed by atoms with Crippen molar-refractivity contribution in [3.05, 3.63) is 0 Å². The number of aliphatic carboxylic acids is 1. The third kappa shape index (κ3) is 5.30. The molecule has 0 saturated carbocycles. The number of rotatable bonds is 5. The van der Waals surface area contributed by atoms with Crippen molar-refractivity contribution in [1.82, 2.24) is 10.6 Å². The van der Waals surface area contributed by atoms with Crippen LogP contribution in [0, 0.1) is 0 Å². The van der Waals surface area contributed by atoms with E-state index >= 15 is 0 Å². The molecule has 3 N–H and O–H groups in total. The average Bonchev–Trinajstić information content (AvgIpc) is 2.29. The quantitative estimate of drug-likeness (QED) is 0.699. The van der Waals surface area contributed by atoms with Crippen LogP contribution >= 0.6 is 11.8 Å². The molecule has 1 saturated heterocycles. The summed E-state index contributed by atoms with van der Waals surface area (Å²) in [5, 5.41) is 14.2. The summed E-state index contributed by atoms with van der Waals surface area (Å²) < 4.78 is 0. The zero-order valence-corrected chi connectivity index (χ0v) is 10.9. The Labute approximate surface area is 106 Å². The van der Waals surface area contributed by atoms with Crippen molar-refractivity contribution >= 4 is 23.8 Å². The molecule has 5 nitrogen and oxygen atoms in total. The Kier molecular flexibility index (Phi) is 6.18. The van der Waals surface area contributed by atoms with E-state index in [-0.39, 0.29) is 12.1 Å². The van der Waals surface area contributed by atoms with Gasteiger partial charge in [-0.1, -0.05) is 13.3 Å². The van der Waals surface area contributed by atoms with Gasteiger partial charge in [0, 0.05) is 11.8 Å². The van der Waals surface area contributed by atoms with Crippen molar-refractivity contribution < 1.29 is 14.7 Å². The van der Waals surface area contributed by atoms with Crippen LogP contribution in [0.5, 0.6) is 0 Å². The fraction of sp³-hybridized carbons (Fsp3) is 0.818. The van der Waals surface area contributed by atoms with E-state index in [1.807, 2.05) is 18.7 Å². The molecule has 0 aromatic carbocycles. The zero-order chi connectivity index (χ0) is 12.7. The number of carbonyl (C=O) groups is 2. The molecule has 2 atom stereocenters. The minimum absolute atomic E-state index is 0.171. The number of thioether (sulfide) groups is 1. The van der Waals surface area contributed by atoms with Crippen LogP contribution in [-0.2, 0) is 4.79 Å². The van der Waals surface area contributed by atoms with Gasteiger partial charge in [-0.3, -0.25) is 0 Å². The van der Waals surface area contributed by atoms with E-state index in [1.54, 1.807) is 0 Å². The second kappa shape index (κ2) is 7.42. The number of hydrogen-bond donors (Lipinski definition) is 3. The first-order valence-corrected chi connectivity index (χ1v) is 7.16. The molecule has 0 aliphatic carbocycles. The van der Waals surface area contributed by atoms with Crippen LogP contribution in [0.15, 0.2) is 0 Å². The Morgan fingerprint density at radius 1 is 1.53 bits per heavy atom. The Bertz CT molecular complexity index is 267. The highest BCUT2D eigenvalue weighted by molar-refractivity contribution is 7.99. The van der Waals surface area contributed by atoms with E-state index in [2.05, 4.69) is 10.6 Å². The molecule has 0 radical (unpaired) electrons. The third-order valence-corrected chi connectivity index (χ3v) is 3.89. The Morgan fingerprint density at radius 3 is 2.82 bits per heavy atom. The number of hydrogen-bond acceptors (Lipinski definition) is 3. The molecule has 6 heteroatoms. The van der Waals surface area contributed by atoms with Crippen LogP contribution in [0.25, 0.3) is 0 Å². The van der Waals surface area contributed by atoms with Crippen molar-refractivity contribution in [1.29, 1.82) is 0 Å². The smallest absolute Gasteiger partial charge is 0.326 e. The second-order valence-corrected chi connectivity index (χ2v) is 5.36. The summed E-state index contributed by atoms with van der Waals surface area (Å²) in [6, 6.07) is -0.973. The lowest BCUT2D eigenvalue weighted by Gasteiger charge is -2.23. The molecule has 2 amide bonds.